The molecule has 0 bridgehead atoms. The van der Waals surface area contributed by atoms with Gasteiger partial charge in [0.05, 0.1) is 10.0 Å². The Hall–Kier alpha value is -1.12. The molecule has 2 unspecified atom stereocenters. The van der Waals surface area contributed by atoms with Crippen LogP contribution in [0.2, 0.25) is 0 Å². The normalized spacial score (nSPS) is 22.8. The summed E-state index contributed by atoms with van der Waals surface area (Å²) in [7, 11) is 1.90. The smallest absolute Gasteiger partial charge is 0.180 e. The Bertz CT molecular complexity index is 501. The first-order valence-corrected chi connectivity index (χ1v) is 7.18. The number of ether oxygens (including phenoxy) is 1. The average molecular weight is 327 g/mol. The largest absolute Gasteiger partial charge is 0.486 e. The first-order chi connectivity index (χ1) is 9.17. The molecule has 0 heterocycles. The number of halogens is 2. The van der Waals surface area contributed by atoms with Crippen molar-refractivity contribution in [2.45, 2.75) is 37.8 Å². The van der Waals surface area contributed by atoms with Gasteiger partial charge in [-0.3, -0.25) is 0 Å². The van der Waals surface area contributed by atoms with Crippen LogP contribution in [-0.2, 0) is 0 Å². The highest BCUT2D eigenvalue weighted by Gasteiger charge is 2.26. The number of hydrogen-bond donors (Lipinski definition) is 1. The zero-order valence-corrected chi connectivity index (χ0v) is 12.3. The Morgan fingerprint density at radius 2 is 2.16 bits per heavy atom. The molecule has 0 spiro atoms. The lowest BCUT2D eigenvalue weighted by Crippen LogP contribution is -2.43. The van der Waals surface area contributed by atoms with Gasteiger partial charge in [-0.25, -0.2) is 4.39 Å². The van der Waals surface area contributed by atoms with Gasteiger partial charge in [-0.05, 0) is 54.4 Å². The van der Waals surface area contributed by atoms with Crippen molar-refractivity contribution in [3.8, 4) is 11.8 Å². The quantitative estimate of drug-likeness (QED) is 0.926. The predicted molar refractivity (Wildman–Crippen MR) is 74.5 cm³/mol. The van der Waals surface area contributed by atoms with Gasteiger partial charge in [0.25, 0.3) is 0 Å². The summed E-state index contributed by atoms with van der Waals surface area (Å²) in [5.41, 5.74) is 0.277. The Morgan fingerprint density at radius 1 is 1.42 bits per heavy atom. The molecule has 19 heavy (non-hydrogen) atoms. The lowest BCUT2D eigenvalue weighted by Gasteiger charge is -2.31. The molecule has 1 aliphatic rings. The molecule has 102 valence electrons. The lowest BCUT2D eigenvalue weighted by molar-refractivity contribution is 0.113. The third-order valence-electron chi connectivity index (χ3n) is 3.52. The minimum atomic E-state index is -0.500. The van der Waals surface area contributed by atoms with E-state index in [1.54, 1.807) is 6.07 Å². The molecule has 0 aliphatic heterocycles. The van der Waals surface area contributed by atoms with Crippen molar-refractivity contribution in [1.29, 1.82) is 5.26 Å². The highest BCUT2D eigenvalue weighted by molar-refractivity contribution is 9.10. The van der Waals surface area contributed by atoms with Gasteiger partial charge in [0.2, 0.25) is 0 Å². The topological polar surface area (TPSA) is 45.0 Å². The van der Waals surface area contributed by atoms with Crippen molar-refractivity contribution in [2.75, 3.05) is 7.05 Å². The Kier molecular flexibility index (Phi) is 4.78. The molecule has 3 nitrogen and oxygen atoms in total. The molecular weight excluding hydrogens is 311 g/mol. The zero-order chi connectivity index (χ0) is 13.8. The minimum Gasteiger partial charge on any atom is -0.486 e. The summed E-state index contributed by atoms with van der Waals surface area (Å²) in [5.74, 6) is -0.294. The highest BCUT2D eigenvalue weighted by atomic mass is 79.9. The monoisotopic (exact) mass is 326 g/mol. The summed E-state index contributed by atoms with van der Waals surface area (Å²) in [6.07, 6.45) is 4.21. The van der Waals surface area contributed by atoms with E-state index in [-0.39, 0.29) is 27.9 Å². The molecule has 0 aromatic heterocycles. The second kappa shape index (κ2) is 6.36. The molecule has 0 amide bonds. The van der Waals surface area contributed by atoms with Crippen LogP contribution in [0, 0.1) is 17.1 Å². The van der Waals surface area contributed by atoms with Crippen molar-refractivity contribution < 1.29 is 9.13 Å². The number of nitrogens with zero attached hydrogens (tertiary/aromatic N) is 1. The van der Waals surface area contributed by atoms with Gasteiger partial charge in [0.15, 0.2) is 11.6 Å². The van der Waals surface area contributed by atoms with Crippen LogP contribution in [0.5, 0.6) is 5.75 Å². The fraction of sp³-hybridized carbons (Fsp3) is 0.500. The summed E-state index contributed by atoms with van der Waals surface area (Å²) >= 11 is 3.10. The summed E-state index contributed by atoms with van der Waals surface area (Å²) in [6.45, 7) is 0. The van der Waals surface area contributed by atoms with Gasteiger partial charge < -0.3 is 10.1 Å². The van der Waals surface area contributed by atoms with E-state index >= 15 is 0 Å². The van der Waals surface area contributed by atoms with Crippen LogP contribution in [-0.4, -0.2) is 19.2 Å². The van der Waals surface area contributed by atoms with Gasteiger partial charge in [-0.15, -0.1) is 0 Å². The second-order valence-electron chi connectivity index (χ2n) is 4.69. The van der Waals surface area contributed by atoms with Gasteiger partial charge in [-0.1, -0.05) is 6.42 Å². The Morgan fingerprint density at radius 3 is 2.84 bits per heavy atom. The van der Waals surface area contributed by atoms with Gasteiger partial charge in [0, 0.05) is 6.04 Å². The van der Waals surface area contributed by atoms with E-state index in [9.17, 15) is 4.39 Å². The fourth-order valence-electron chi connectivity index (χ4n) is 2.44. The maximum atomic E-state index is 14.1. The van der Waals surface area contributed by atoms with E-state index in [1.165, 1.54) is 12.5 Å². The SMILES string of the molecule is CNC1CCCCC1Oc1ccc(C#N)c(Br)c1F. The molecule has 0 radical (unpaired) electrons. The maximum absolute atomic E-state index is 14.1. The van der Waals surface area contributed by atoms with E-state index in [0.29, 0.717) is 0 Å². The van der Waals surface area contributed by atoms with Crippen molar-refractivity contribution in [3.05, 3.63) is 28.0 Å². The summed E-state index contributed by atoms with van der Waals surface area (Å²) in [4.78, 5) is 0. The van der Waals surface area contributed by atoms with Crippen molar-refractivity contribution in [3.63, 3.8) is 0 Å². The molecular formula is C14H16BrFN2O. The molecule has 5 heteroatoms. The van der Waals surface area contributed by atoms with E-state index < -0.39 is 5.82 Å². The maximum Gasteiger partial charge on any atom is 0.180 e. The van der Waals surface area contributed by atoms with E-state index in [0.717, 1.165) is 19.3 Å². The van der Waals surface area contributed by atoms with Crippen LogP contribution in [0.1, 0.15) is 31.2 Å². The first kappa shape index (κ1) is 14.3. The van der Waals surface area contributed by atoms with Gasteiger partial charge >= 0.3 is 0 Å². The molecule has 1 aromatic rings. The molecule has 1 aliphatic carbocycles. The average Bonchev–Trinajstić information content (AvgIpc) is 2.45. The van der Waals surface area contributed by atoms with Gasteiger partial charge in [-0.2, -0.15) is 5.26 Å². The first-order valence-electron chi connectivity index (χ1n) is 6.39. The number of rotatable bonds is 3. The van der Waals surface area contributed by atoms with Crippen LogP contribution in [0.15, 0.2) is 16.6 Å². The van der Waals surface area contributed by atoms with E-state index in [1.807, 2.05) is 13.1 Å². The molecule has 2 rings (SSSR count). The van der Waals surface area contributed by atoms with E-state index in [4.69, 9.17) is 10.00 Å². The lowest BCUT2D eigenvalue weighted by atomic mass is 9.92. The van der Waals surface area contributed by atoms with Crippen LogP contribution in [0.4, 0.5) is 4.39 Å². The van der Waals surface area contributed by atoms with E-state index in [2.05, 4.69) is 21.2 Å². The fourth-order valence-corrected chi connectivity index (χ4v) is 2.86. The Labute approximate surface area is 120 Å². The third-order valence-corrected chi connectivity index (χ3v) is 4.29. The molecule has 1 fully saturated rings. The predicted octanol–water partition coefficient (Wildman–Crippen LogP) is 3.37. The number of hydrogen-bond acceptors (Lipinski definition) is 3. The van der Waals surface area contributed by atoms with Gasteiger partial charge in [0.1, 0.15) is 12.2 Å². The van der Waals surface area contributed by atoms with Crippen molar-refractivity contribution in [1.82, 2.24) is 5.32 Å². The summed E-state index contributed by atoms with van der Waals surface area (Å²) in [6, 6.07) is 5.28. The standard InChI is InChI=1S/C14H16BrFN2O/c1-18-10-4-2-3-5-11(10)19-12-7-6-9(8-17)13(15)14(12)16/h6-7,10-11,18H,2-5H2,1H3. The molecule has 2 atom stereocenters. The zero-order valence-electron chi connectivity index (χ0n) is 10.7. The minimum absolute atomic E-state index is 0.0203. The number of benzene rings is 1. The molecule has 1 N–H and O–H groups in total. The van der Waals surface area contributed by atoms with Crippen LogP contribution >= 0.6 is 15.9 Å². The third kappa shape index (κ3) is 3.07. The molecule has 0 saturated heterocycles. The molecule has 1 aromatic carbocycles. The van der Waals surface area contributed by atoms with Crippen LogP contribution in [0.3, 0.4) is 0 Å². The summed E-state index contributed by atoms with van der Waals surface area (Å²) < 4.78 is 20.1. The number of nitrogens with one attached hydrogen (secondary N) is 1. The molecule has 1 saturated carbocycles. The highest BCUT2D eigenvalue weighted by Crippen LogP contribution is 2.31. The van der Waals surface area contributed by atoms with Crippen LogP contribution < -0.4 is 10.1 Å². The van der Waals surface area contributed by atoms with Crippen molar-refractivity contribution in [2.24, 2.45) is 0 Å². The Balaban J connectivity index is 2.19. The van der Waals surface area contributed by atoms with Crippen molar-refractivity contribution >= 4 is 15.9 Å². The second-order valence-corrected chi connectivity index (χ2v) is 5.48. The van der Waals surface area contributed by atoms with Crippen LogP contribution in [0.25, 0.3) is 0 Å². The summed E-state index contributed by atoms with van der Waals surface area (Å²) in [5, 5.41) is 12.1. The number of nitriles is 1. The number of likely N-dealkylation sites (N-methyl/N-ethyl adjacent to an activating group) is 1.